The van der Waals surface area contributed by atoms with Crippen molar-refractivity contribution in [2.24, 2.45) is 11.3 Å². The number of hydrogen-bond acceptors (Lipinski definition) is 1. The van der Waals surface area contributed by atoms with Gasteiger partial charge in [-0.05, 0) is 25.7 Å². The summed E-state index contributed by atoms with van der Waals surface area (Å²) in [4.78, 5) is 12.1. The fourth-order valence-electron chi connectivity index (χ4n) is 4.73. The lowest BCUT2D eigenvalue weighted by Gasteiger charge is -2.30. The van der Waals surface area contributed by atoms with E-state index in [0.717, 1.165) is 19.3 Å². The fourth-order valence-corrected chi connectivity index (χ4v) is 4.73. The molecule has 2 nitrogen and oxygen atoms in total. The minimum absolute atomic E-state index is 0.524. The van der Waals surface area contributed by atoms with E-state index in [4.69, 9.17) is 0 Å². The molecule has 2 unspecified atom stereocenters. The van der Waals surface area contributed by atoms with Crippen LogP contribution in [0.1, 0.15) is 156 Å². The predicted molar refractivity (Wildman–Crippen MR) is 129 cm³/mol. The van der Waals surface area contributed by atoms with Crippen LogP contribution in [0.3, 0.4) is 0 Å². The van der Waals surface area contributed by atoms with Crippen LogP contribution in [0.25, 0.3) is 0 Å². The molecule has 0 aromatic rings. The third-order valence-corrected chi connectivity index (χ3v) is 6.75. The van der Waals surface area contributed by atoms with Crippen LogP contribution >= 0.6 is 0 Å². The molecule has 1 N–H and O–H groups in total. The van der Waals surface area contributed by atoms with E-state index in [1.807, 2.05) is 6.92 Å². The summed E-state index contributed by atoms with van der Waals surface area (Å²) in [5.41, 5.74) is -0.524. The van der Waals surface area contributed by atoms with Crippen molar-refractivity contribution in [3.8, 4) is 0 Å². The van der Waals surface area contributed by atoms with E-state index >= 15 is 0 Å². The lowest BCUT2D eigenvalue weighted by atomic mass is 9.74. The largest absolute Gasteiger partial charge is 0.481 e. The maximum Gasteiger partial charge on any atom is 0.309 e. The van der Waals surface area contributed by atoms with Crippen LogP contribution in [0.4, 0.5) is 0 Å². The SMILES string of the molecule is CCCCCCCCCCC(CCC)CC(C)(CCCCCCCCC)C(=O)O. The predicted octanol–water partition coefficient (Wildman–Crippen LogP) is 9.56. The molecule has 174 valence electrons. The third-order valence-electron chi connectivity index (χ3n) is 6.75. The number of hydrogen-bond donors (Lipinski definition) is 1. The first-order valence-electron chi connectivity index (χ1n) is 13.2. The molecular formula is C27H54O2. The molecule has 0 aromatic heterocycles. The first-order valence-corrected chi connectivity index (χ1v) is 13.2. The Morgan fingerprint density at radius 1 is 0.655 bits per heavy atom. The van der Waals surface area contributed by atoms with Gasteiger partial charge in [0, 0.05) is 0 Å². The third kappa shape index (κ3) is 15.9. The van der Waals surface area contributed by atoms with Crippen molar-refractivity contribution in [2.75, 3.05) is 0 Å². The summed E-state index contributed by atoms with van der Waals surface area (Å²) < 4.78 is 0. The molecule has 29 heavy (non-hydrogen) atoms. The Labute approximate surface area is 183 Å². The number of unbranched alkanes of at least 4 members (excludes halogenated alkanes) is 13. The van der Waals surface area contributed by atoms with Crippen molar-refractivity contribution in [3.63, 3.8) is 0 Å². The van der Waals surface area contributed by atoms with Gasteiger partial charge >= 0.3 is 5.97 Å². The highest BCUT2D eigenvalue weighted by atomic mass is 16.4. The van der Waals surface area contributed by atoms with Crippen LogP contribution in [0.15, 0.2) is 0 Å². The van der Waals surface area contributed by atoms with E-state index in [0.29, 0.717) is 5.92 Å². The fraction of sp³-hybridized carbons (Fsp3) is 0.963. The smallest absolute Gasteiger partial charge is 0.309 e. The molecule has 0 fully saturated rings. The number of aliphatic carboxylic acids is 1. The van der Waals surface area contributed by atoms with Crippen LogP contribution < -0.4 is 0 Å². The number of rotatable bonds is 22. The van der Waals surface area contributed by atoms with Crippen molar-refractivity contribution in [3.05, 3.63) is 0 Å². The van der Waals surface area contributed by atoms with Crippen molar-refractivity contribution >= 4 is 5.97 Å². The quantitative estimate of drug-likeness (QED) is 0.180. The highest BCUT2D eigenvalue weighted by molar-refractivity contribution is 5.74. The summed E-state index contributed by atoms with van der Waals surface area (Å²) in [7, 11) is 0. The standard InChI is InChI=1S/C27H54O2/c1-5-8-10-12-14-15-17-19-22-25(21-7-3)24-27(4,26(28)29)23-20-18-16-13-11-9-6-2/h25H,5-24H2,1-4H3,(H,28,29). The molecule has 2 heteroatoms. The molecule has 0 amide bonds. The van der Waals surface area contributed by atoms with E-state index in [-0.39, 0.29) is 0 Å². The molecular weight excluding hydrogens is 356 g/mol. The normalized spacial score (nSPS) is 14.6. The van der Waals surface area contributed by atoms with Gasteiger partial charge in [-0.25, -0.2) is 0 Å². The van der Waals surface area contributed by atoms with Gasteiger partial charge in [0.2, 0.25) is 0 Å². The summed E-state index contributed by atoms with van der Waals surface area (Å²) >= 11 is 0. The van der Waals surface area contributed by atoms with Gasteiger partial charge in [-0.1, -0.05) is 136 Å². The second kappa shape index (κ2) is 19.4. The van der Waals surface area contributed by atoms with E-state index in [2.05, 4.69) is 20.8 Å². The van der Waals surface area contributed by atoms with Crippen LogP contribution in [0.5, 0.6) is 0 Å². The highest BCUT2D eigenvalue weighted by Crippen LogP contribution is 2.36. The molecule has 0 bridgehead atoms. The summed E-state index contributed by atoms with van der Waals surface area (Å²) in [5, 5.41) is 9.93. The van der Waals surface area contributed by atoms with Gasteiger partial charge in [-0.2, -0.15) is 0 Å². The van der Waals surface area contributed by atoms with Gasteiger partial charge < -0.3 is 5.11 Å². The van der Waals surface area contributed by atoms with Crippen LogP contribution in [0.2, 0.25) is 0 Å². The zero-order valence-electron chi connectivity index (χ0n) is 20.6. The van der Waals surface area contributed by atoms with Crippen LogP contribution in [0, 0.1) is 11.3 Å². The van der Waals surface area contributed by atoms with Gasteiger partial charge in [0.05, 0.1) is 5.41 Å². The average molecular weight is 411 g/mol. The monoisotopic (exact) mass is 410 g/mol. The topological polar surface area (TPSA) is 37.3 Å². The molecule has 0 heterocycles. The molecule has 0 aliphatic carbocycles. The number of carboxylic acids is 1. The van der Waals surface area contributed by atoms with Crippen LogP contribution in [-0.2, 0) is 4.79 Å². The number of carboxylic acid groups (broad SMARTS) is 1. The van der Waals surface area contributed by atoms with Crippen molar-refractivity contribution < 1.29 is 9.90 Å². The Morgan fingerprint density at radius 3 is 1.55 bits per heavy atom. The lowest BCUT2D eigenvalue weighted by Crippen LogP contribution is -2.30. The Kier molecular flexibility index (Phi) is 19.1. The molecule has 0 aliphatic rings. The van der Waals surface area contributed by atoms with E-state index in [9.17, 15) is 9.90 Å². The van der Waals surface area contributed by atoms with Gasteiger partial charge in [0.1, 0.15) is 0 Å². The van der Waals surface area contributed by atoms with E-state index in [1.54, 1.807) is 0 Å². The molecule has 0 spiro atoms. The molecule has 2 atom stereocenters. The average Bonchev–Trinajstić information content (AvgIpc) is 2.69. The zero-order chi connectivity index (χ0) is 21.8. The first kappa shape index (κ1) is 28.5. The second-order valence-corrected chi connectivity index (χ2v) is 9.86. The molecule has 0 saturated heterocycles. The Hall–Kier alpha value is -0.530. The maximum absolute atomic E-state index is 12.1. The Bertz CT molecular complexity index is 366. The lowest BCUT2D eigenvalue weighted by molar-refractivity contribution is -0.149. The number of carbonyl (C=O) groups is 1. The van der Waals surface area contributed by atoms with E-state index < -0.39 is 11.4 Å². The summed E-state index contributed by atoms with van der Waals surface area (Å²) in [6, 6.07) is 0. The molecule has 0 saturated carbocycles. The zero-order valence-corrected chi connectivity index (χ0v) is 20.6. The summed E-state index contributed by atoms with van der Waals surface area (Å²) in [6.07, 6.45) is 25.0. The summed E-state index contributed by atoms with van der Waals surface area (Å²) in [5.74, 6) is 0.0197. The first-order chi connectivity index (χ1) is 14.0. The summed E-state index contributed by atoms with van der Waals surface area (Å²) in [6.45, 7) is 8.78. The minimum atomic E-state index is -0.569. The van der Waals surface area contributed by atoms with Gasteiger partial charge in [-0.15, -0.1) is 0 Å². The Morgan fingerprint density at radius 2 is 1.10 bits per heavy atom. The van der Waals surface area contributed by atoms with E-state index in [1.165, 1.54) is 109 Å². The molecule has 0 rings (SSSR count). The van der Waals surface area contributed by atoms with Crippen molar-refractivity contribution in [1.82, 2.24) is 0 Å². The maximum atomic E-state index is 12.1. The van der Waals surface area contributed by atoms with Gasteiger partial charge in [0.25, 0.3) is 0 Å². The van der Waals surface area contributed by atoms with Crippen molar-refractivity contribution in [2.45, 2.75) is 156 Å². The van der Waals surface area contributed by atoms with Gasteiger partial charge in [-0.3, -0.25) is 4.79 Å². The molecule has 0 aliphatic heterocycles. The molecule has 0 radical (unpaired) electrons. The van der Waals surface area contributed by atoms with Gasteiger partial charge in [0.15, 0.2) is 0 Å². The minimum Gasteiger partial charge on any atom is -0.481 e. The highest BCUT2D eigenvalue weighted by Gasteiger charge is 2.34. The van der Waals surface area contributed by atoms with Crippen LogP contribution in [-0.4, -0.2) is 11.1 Å². The Balaban J connectivity index is 4.21. The second-order valence-electron chi connectivity index (χ2n) is 9.86. The molecule has 0 aromatic carbocycles. The van der Waals surface area contributed by atoms with Crippen molar-refractivity contribution in [1.29, 1.82) is 0 Å².